The van der Waals surface area contributed by atoms with Crippen molar-refractivity contribution in [1.29, 1.82) is 0 Å². The van der Waals surface area contributed by atoms with E-state index in [0.29, 0.717) is 4.75 Å². The van der Waals surface area contributed by atoms with Gasteiger partial charge in [0.1, 0.15) is 5.82 Å². The van der Waals surface area contributed by atoms with Crippen LogP contribution in [0.15, 0.2) is 18.3 Å². The molecular weight excluding hydrogens is 242 g/mol. The summed E-state index contributed by atoms with van der Waals surface area (Å²) in [5, 5.41) is 0. The van der Waals surface area contributed by atoms with E-state index in [1.54, 1.807) is 0 Å². The molecule has 0 amide bonds. The van der Waals surface area contributed by atoms with Crippen molar-refractivity contribution in [3.8, 4) is 0 Å². The Kier molecular flexibility index (Phi) is 4.17. The van der Waals surface area contributed by atoms with Gasteiger partial charge in [0.05, 0.1) is 0 Å². The summed E-state index contributed by atoms with van der Waals surface area (Å²) in [6, 6.07) is 4.48. The Morgan fingerprint density at radius 1 is 1.50 bits per heavy atom. The van der Waals surface area contributed by atoms with Gasteiger partial charge in [-0.3, -0.25) is 0 Å². The average Bonchev–Trinajstić information content (AvgIpc) is 2.28. The van der Waals surface area contributed by atoms with Gasteiger partial charge in [-0.2, -0.15) is 11.8 Å². The van der Waals surface area contributed by atoms with E-state index >= 15 is 0 Å². The van der Waals surface area contributed by atoms with Gasteiger partial charge in [0.25, 0.3) is 0 Å². The maximum atomic E-state index is 5.80. The summed E-state index contributed by atoms with van der Waals surface area (Å²) in [5.41, 5.74) is 7.02. The Bertz CT molecular complexity index is 387. The molecule has 0 aromatic carbocycles. The lowest BCUT2D eigenvalue weighted by atomic mass is 10.1. The first kappa shape index (κ1) is 13.7. The lowest BCUT2D eigenvalue weighted by molar-refractivity contribution is 0.642. The van der Waals surface area contributed by atoms with E-state index in [1.807, 2.05) is 24.9 Å². The fraction of sp³-hybridized carbons (Fsp3) is 0.643. The minimum absolute atomic E-state index is 0.197. The third kappa shape index (κ3) is 3.62. The minimum atomic E-state index is 0.197. The molecule has 1 aromatic rings. The Labute approximate surface area is 114 Å². The maximum absolute atomic E-state index is 5.80. The molecule has 2 heterocycles. The largest absolute Gasteiger partial charge is 0.354 e. The van der Waals surface area contributed by atoms with Crippen LogP contribution in [0.5, 0.6) is 0 Å². The quantitative estimate of drug-likeness (QED) is 0.910. The molecule has 2 N–H and O–H groups in total. The first-order valence-electron chi connectivity index (χ1n) is 6.56. The highest BCUT2D eigenvalue weighted by molar-refractivity contribution is 8.00. The molecule has 2 rings (SSSR count). The predicted molar refractivity (Wildman–Crippen MR) is 80.3 cm³/mol. The van der Waals surface area contributed by atoms with E-state index in [-0.39, 0.29) is 6.04 Å². The van der Waals surface area contributed by atoms with Crippen molar-refractivity contribution in [3.63, 3.8) is 0 Å². The third-order valence-corrected chi connectivity index (χ3v) is 4.41. The van der Waals surface area contributed by atoms with Crippen molar-refractivity contribution in [2.75, 3.05) is 23.7 Å². The number of pyridine rings is 1. The molecule has 0 saturated carbocycles. The normalized spacial score (nSPS) is 20.8. The molecule has 1 aliphatic heterocycles. The van der Waals surface area contributed by atoms with Crippen molar-refractivity contribution in [2.24, 2.45) is 5.73 Å². The van der Waals surface area contributed by atoms with Crippen LogP contribution in [0.2, 0.25) is 0 Å². The van der Waals surface area contributed by atoms with Crippen molar-refractivity contribution in [3.05, 3.63) is 23.9 Å². The van der Waals surface area contributed by atoms with Crippen LogP contribution in [-0.2, 0) is 6.42 Å². The Balaban J connectivity index is 2.05. The van der Waals surface area contributed by atoms with Gasteiger partial charge >= 0.3 is 0 Å². The number of nitrogens with zero attached hydrogens (tertiary/aromatic N) is 2. The summed E-state index contributed by atoms with van der Waals surface area (Å²) < 4.78 is 0.324. The molecule has 1 saturated heterocycles. The summed E-state index contributed by atoms with van der Waals surface area (Å²) in [4.78, 5) is 6.96. The second kappa shape index (κ2) is 5.49. The topological polar surface area (TPSA) is 42.1 Å². The van der Waals surface area contributed by atoms with E-state index < -0.39 is 0 Å². The molecule has 3 nitrogen and oxygen atoms in total. The van der Waals surface area contributed by atoms with Gasteiger partial charge < -0.3 is 10.6 Å². The number of rotatable bonds is 3. The number of nitrogens with two attached hydrogens (primary N) is 1. The minimum Gasteiger partial charge on any atom is -0.354 e. The van der Waals surface area contributed by atoms with Gasteiger partial charge in [0.2, 0.25) is 0 Å². The smallest absolute Gasteiger partial charge is 0.128 e. The summed E-state index contributed by atoms with van der Waals surface area (Å²) in [6.45, 7) is 8.78. The Morgan fingerprint density at radius 3 is 2.83 bits per heavy atom. The van der Waals surface area contributed by atoms with Crippen LogP contribution in [0.25, 0.3) is 0 Å². The highest BCUT2D eigenvalue weighted by Gasteiger charge is 2.27. The first-order valence-corrected chi connectivity index (χ1v) is 7.54. The maximum Gasteiger partial charge on any atom is 0.128 e. The van der Waals surface area contributed by atoms with Crippen LogP contribution in [0.4, 0.5) is 5.82 Å². The molecule has 1 aromatic heterocycles. The summed E-state index contributed by atoms with van der Waals surface area (Å²) in [5.74, 6) is 2.27. The Hall–Kier alpha value is -0.740. The molecule has 4 heteroatoms. The third-order valence-electron chi connectivity index (χ3n) is 3.12. The fourth-order valence-electron chi connectivity index (χ4n) is 2.31. The number of aromatic nitrogens is 1. The molecule has 1 fully saturated rings. The van der Waals surface area contributed by atoms with E-state index in [9.17, 15) is 0 Å². The van der Waals surface area contributed by atoms with Gasteiger partial charge in [-0.05, 0) is 38.8 Å². The molecule has 0 radical (unpaired) electrons. The zero-order valence-corrected chi connectivity index (χ0v) is 12.3. The molecule has 0 spiro atoms. The Morgan fingerprint density at radius 2 is 2.28 bits per heavy atom. The van der Waals surface area contributed by atoms with Crippen LogP contribution in [0, 0.1) is 0 Å². The van der Waals surface area contributed by atoms with Gasteiger partial charge in [-0.1, -0.05) is 6.07 Å². The number of hydrogen-bond acceptors (Lipinski definition) is 4. The van der Waals surface area contributed by atoms with Crippen molar-refractivity contribution >= 4 is 17.6 Å². The molecule has 100 valence electrons. The lowest BCUT2D eigenvalue weighted by Gasteiger charge is -2.38. The lowest BCUT2D eigenvalue weighted by Crippen LogP contribution is -2.43. The van der Waals surface area contributed by atoms with E-state index in [0.717, 1.165) is 25.3 Å². The summed E-state index contributed by atoms with van der Waals surface area (Å²) in [6.07, 6.45) is 2.86. The fourth-order valence-corrected chi connectivity index (χ4v) is 3.42. The second-order valence-electron chi connectivity index (χ2n) is 5.74. The van der Waals surface area contributed by atoms with Crippen LogP contribution >= 0.6 is 11.8 Å². The standard InChI is InChI=1S/C14H23N3S/c1-11(15)8-12-4-5-13(16-9-12)17-6-7-18-14(2,3)10-17/h4-5,9,11H,6-8,10,15H2,1-3H3. The second-order valence-corrected chi connectivity index (χ2v) is 7.54. The van der Waals surface area contributed by atoms with E-state index in [1.165, 1.54) is 11.3 Å². The molecule has 18 heavy (non-hydrogen) atoms. The molecule has 1 atom stereocenters. The van der Waals surface area contributed by atoms with E-state index in [2.05, 4.69) is 35.9 Å². The SMILES string of the molecule is CC(N)Cc1ccc(N2CCSC(C)(C)C2)nc1. The zero-order valence-electron chi connectivity index (χ0n) is 11.5. The molecule has 1 unspecified atom stereocenters. The van der Waals surface area contributed by atoms with Crippen molar-refractivity contribution in [1.82, 2.24) is 4.98 Å². The number of anilines is 1. The molecule has 0 aliphatic carbocycles. The highest BCUT2D eigenvalue weighted by Crippen LogP contribution is 2.31. The summed E-state index contributed by atoms with van der Waals surface area (Å²) in [7, 11) is 0. The number of hydrogen-bond donors (Lipinski definition) is 1. The predicted octanol–water partition coefficient (Wildman–Crippen LogP) is 2.30. The molecule has 1 aliphatic rings. The highest BCUT2D eigenvalue weighted by atomic mass is 32.2. The summed E-state index contributed by atoms with van der Waals surface area (Å²) >= 11 is 2.04. The van der Waals surface area contributed by atoms with Crippen LogP contribution in [0.1, 0.15) is 26.3 Å². The number of thioether (sulfide) groups is 1. The average molecular weight is 265 g/mol. The van der Waals surface area contributed by atoms with Crippen molar-refractivity contribution in [2.45, 2.75) is 38.0 Å². The monoisotopic (exact) mass is 265 g/mol. The molecular formula is C14H23N3S. The van der Waals surface area contributed by atoms with Gasteiger partial charge in [-0.15, -0.1) is 0 Å². The van der Waals surface area contributed by atoms with Gasteiger partial charge in [0, 0.05) is 35.8 Å². The molecule has 0 bridgehead atoms. The first-order chi connectivity index (χ1) is 8.46. The van der Waals surface area contributed by atoms with E-state index in [4.69, 9.17) is 5.73 Å². The van der Waals surface area contributed by atoms with Crippen LogP contribution < -0.4 is 10.6 Å². The van der Waals surface area contributed by atoms with Crippen LogP contribution in [-0.4, -0.2) is 34.6 Å². The zero-order chi connectivity index (χ0) is 13.2. The van der Waals surface area contributed by atoms with Gasteiger partial charge in [-0.25, -0.2) is 4.98 Å². The van der Waals surface area contributed by atoms with Crippen molar-refractivity contribution < 1.29 is 0 Å². The van der Waals surface area contributed by atoms with Gasteiger partial charge in [0.15, 0.2) is 0 Å². The van der Waals surface area contributed by atoms with Crippen LogP contribution in [0.3, 0.4) is 0 Å².